The van der Waals surface area contributed by atoms with Crippen molar-refractivity contribution in [3.63, 3.8) is 0 Å². The first-order chi connectivity index (χ1) is 15.4. The van der Waals surface area contributed by atoms with Crippen molar-refractivity contribution in [1.82, 2.24) is 4.72 Å². The van der Waals surface area contributed by atoms with Gasteiger partial charge in [-0.3, -0.25) is 4.79 Å². The Morgan fingerprint density at radius 3 is 2.12 bits per heavy atom. The molecule has 0 bridgehead atoms. The number of hydrogen-bond donors (Lipinski definition) is 1. The number of benzene rings is 1. The SMILES string of the molecule is CC(C)c1ccc2c(CCCC(=O)NS(=O)(=O)c3ccc(F)cc3)cc(S(=O)(=O)[O-])c-2cc1.[Na+]. The predicted octanol–water partition coefficient (Wildman–Crippen LogP) is 0.790. The third-order valence-corrected chi connectivity index (χ3v) is 7.52. The summed E-state index contributed by atoms with van der Waals surface area (Å²) in [5.41, 5.74) is 2.46. The topological polar surface area (TPSA) is 120 Å². The van der Waals surface area contributed by atoms with Gasteiger partial charge in [-0.1, -0.05) is 38.1 Å². The van der Waals surface area contributed by atoms with Crippen LogP contribution in [0, 0.1) is 5.82 Å². The van der Waals surface area contributed by atoms with Crippen molar-refractivity contribution in [1.29, 1.82) is 0 Å². The summed E-state index contributed by atoms with van der Waals surface area (Å²) in [5.74, 6) is -1.15. The number of carbonyl (C=O) groups is 1. The van der Waals surface area contributed by atoms with Gasteiger partial charge >= 0.3 is 29.6 Å². The average Bonchev–Trinajstić information content (AvgIpc) is 2.91. The summed E-state index contributed by atoms with van der Waals surface area (Å²) in [5, 5.41) is 0. The first kappa shape index (κ1) is 28.4. The number of halogens is 1. The fraction of sp³-hybridized carbons (Fsp3) is 0.261. The average molecular weight is 516 g/mol. The first-order valence-electron chi connectivity index (χ1n) is 10.2. The molecule has 0 heterocycles. The molecule has 7 nitrogen and oxygen atoms in total. The molecule has 0 unspecified atom stereocenters. The number of aryl methyl sites for hydroxylation is 1. The maximum Gasteiger partial charge on any atom is 1.00 e. The van der Waals surface area contributed by atoms with E-state index in [1.807, 2.05) is 24.6 Å². The molecule has 1 aromatic carbocycles. The van der Waals surface area contributed by atoms with Gasteiger partial charge in [-0.25, -0.2) is 25.9 Å². The third kappa shape index (κ3) is 6.87. The van der Waals surface area contributed by atoms with Crippen molar-refractivity contribution in [3.8, 4) is 11.1 Å². The zero-order valence-corrected chi connectivity index (χ0v) is 22.7. The zero-order valence-electron chi connectivity index (χ0n) is 19.0. The van der Waals surface area contributed by atoms with Gasteiger partial charge in [-0.2, -0.15) is 0 Å². The summed E-state index contributed by atoms with van der Waals surface area (Å²) >= 11 is 0. The van der Waals surface area contributed by atoms with Crippen LogP contribution in [-0.2, 0) is 31.4 Å². The second-order valence-corrected chi connectivity index (χ2v) is 11.0. The van der Waals surface area contributed by atoms with Crippen LogP contribution >= 0.6 is 0 Å². The second kappa shape index (κ2) is 11.3. The van der Waals surface area contributed by atoms with Gasteiger partial charge in [0.15, 0.2) is 0 Å². The van der Waals surface area contributed by atoms with E-state index in [1.54, 1.807) is 18.2 Å². The summed E-state index contributed by atoms with van der Waals surface area (Å²) in [7, 11) is -8.84. The molecule has 0 saturated carbocycles. The summed E-state index contributed by atoms with van der Waals surface area (Å²) in [6.07, 6.45) is 0.331. The van der Waals surface area contributed by atoms with Crippen molar-refractivity contribution in [3.05, 3.63) is 71.5 Å². The van der Waals surface area contributed by atoms with Gasteiger partial charge in [0.1, 0.15) is 15.9 Å². The zero-order chi connectivity index (χ0) is 24.4. The summed E-state index contributed by atoms with van der Waals surface area (Å²) in [6, 6.07) is 12.4. The fourth-order valence-electron chi connectivity index (χ4n) is 3.51. The summed E-state index contributed by atoms with van der Waals surface area (Å²) < 4.78 is 74.7. The quantitative estimate of drug-likeness (QED) is 0.350. The van der Waals surface area contributed by atoms with Gasteiger partial charge in [-0.15, -0.1) is 0 Å². The molecule has 0 fully saturated rings. The van der Waals surface area contributed by atoms with Gasteiger partial charge in [0.05, 0.1) is 9.79 Å². The van der Waals surface area contributed by atoms with Crippen LogP contribution in [-0.4, -0.2) is 27.3 Å². The van der Waals surface area contributed by atoms with E-state index in [0.29, 0.717) is 16.7 Å². The van der Waals surface area contributed by atoms with Gasteiger partial charge in [0, 0.05) is 6.42 Å². The van der Waals surface area contributed by atoms with Crippen LogP contribution in [0.25, 0.3) is 11.1 Å². The number of carbonyl (C=O) groups excluding carboxylic acids is 1. The molecule has 3 rings (SSSR count). The number of hydrogen-bond acceptors (Lipinski definition) is 6. The van der Waals surface area contributed by atoms with Crippen molar-refractivity contribution < 1.29 is 60.1 Å². The fourth-order valence-corrected chi connectivity index (χ4v) is 5.26. The molecule has 1 aromatic rings. The first-order valence-corrected chi connectivity index (χ1v) is 13.1. The monoisotopic (exact) mass is 515 g/mol. The van der Waals surface area contributed by atoms with E-state index in [0.717, 1.165) is 29.8 Å². The molecule has 2 aliphatic carbocycles. The van der Waals surface area contributed by atoms with E-state index < -0.39 is 31.9 Å². The van der Waals surface area contributed by atoms with Crippen LogP contribution in [0.2, 0.25) is 0 Å². The van der Waals surface area contributed by atoms with Crippen LogP contribution in [0.1, 0.15) is 43.7 Å². The minimum absolute atomic E-state index is 0. The predicted molar refractivity (Wildman–Crippen MR) is 120 cm³/mol. The van der Waals surface area contributed by atoms with Crippen LogP contribution < -0.4 is 34.3 Å². The Kier molecular flexibility index (Phi) is 9.43. The minimum Gasteiger partial charge on any atom is -0.744 e. The summed E-state index contributed by atoms with van der Waals surface area (Å²) in [6.45, 7) is 3.98. The van der Waals surface area contributed by atoms with Crippen molar-refractivity contribution in [2.75, 3.05) is 0 Å². The van der Waals surface area contributed by atoms with Crippen LogP contribution in [0.4, 0.5) is 4.39 Å². The molecule has 1 amide bonds. The normalized spacial score (nSPS) is 11.9. The molecular formula is C23H23FNNaO6S2. The van der Waals surface area contributed by atoms with E-state index >= 15 is 0 Å². The van der Waals surface area contributed by atoms with Crippen LogP contribution in [0.15, 0.2) is 64.4 Å². The Morgan fingerprint density at radius 2 is 1.56 bits per heavy atom. The Labute approximate surface area is 221 Å². The molecule has 176 valence electrons. The standard InChI is InChI=1S/C23H24FNO6S2.Na/c1-15(2)16-6-12-20-17(14-22(33(29,30)31)21(20)13-7-16)4-3-5-23(26)25-32(27,28)19-10-8-18(24)9-11-19;/h6-15H,3-5H2,1-2H3,(H,25,26)(H,29,30,31);/q;+1/p-1. The smallest absolute Gasteiger partial charge is 0.744 e. The largest absolute Gasteiger partial charge is 1.00 e. The number of nitrogens with one attached hydrogen (secondary N) is 1. The number of amides is 1. The van der Waals surface area contributed by atoms with Gasteiger partial charge in [-0.05, 0) is 71.3 Å². The Morgan fingerprint density at radius 1 is 0.971 bits per heavy atom. The maximum atomic E-state index is 13.0. The molecule has 1 N–H and O–H groups in total. The second-order valence-electron chi connectivity index (χ2n) is 7.97. The van der Waals surface area contributed by atoms with E-state index in [9.17, 15) is 30.6 Å². The van der Waals surface area contributed by atoms with Crippen molar-refractivity contribution in [2.24, 2.45) is 0 Å². The van der Waals surface area contributed by atoms with Crippen LogP contribution in [0.3, 0.4) is 0 Å². The van der Waals surface area contributed by atoms with Gasteiger partial charge in [0.2, 0.25) is 5.91 Å². The van der Waals surface area contributed by atoms with E-state index in [1.165, 1.54) is 6.07 Å². The van der Waals surface area contributed by atoms with Crippen molar-refractivity contribution >= 4 is 26.0 Å². The van der Waals surface area contributed by atoms with E-state index in [2.05, 4.69) is 0 Å². The molecule has 0 aromatic heterocycles. The molecule has 0 aliphatic heterocycles. The molecule has 2 aliphatic rings. The molecule has 0 spiro atoms. The Balaban J connectivity index is 0.00000408. The van der Waals surface area contributed by atoms with E-state index in [-0.39, 0.29) is 64.5 Å². The molecule has 0 radical (unpaired) electrons. The Hall–Kier alpha value is -1.82. The number of rotatable bonds is 8. The number of fused-ring (bicyclic) bond motifs is 1. The Bertz CT molecular complexity index is 1360. The van der Waals surface area contributed by atoms with Gasteiger partial charge < -0.3 is 4.55 Å². The molecule has 0 atom stereocenters. The van der Waals surface area contributed by atoms with Gasteiger partial charge in [0.25, 0.3) is 10.0 Å². The van der Waals surface area contributed by atoms with Crippen molar-refractivity contribution in [2.45, 2.75) is 48.8 Å². The van der Waals surface area contributed by atoms with Crippen LogP contribution in [0.5, 0.6) is 0 Å². The molecule has 34 heavy (non-hydrogen) atoms. The van der Waals surface area contributed by atoms with E-state index in [4.69, 9.17) is 0 Å². The molecule has 11 heteroatoms. The summed E-state index contributed by atoms with van der Waals surface area (Å²) in [4.78, 5) is 11.6. The minimum atomic E-state index is -4.71. The maximum absolute atomic E-state index is 13.0. The third-order valence-electron chi connectivity index (χ3n) is 5.25. The number of sulfonamides is 1. The molecule has 0 saturated heterocycles. The molecular weight excluding hydrogens is 492 g/mol.